The largest absolute Gasteiger partial charge is 0.487 e. The second-order valence-electron chi connectivity index (χ2n) is 5.87. The fraction of sp³-hybridized carbons (Fsp3) is 0.235. The van der Waals surface area contributed by atoms with Crippen LogP contribution in [0.25, 0.3) is 11.2 Å². The predicted molar refractivity (Wildman–Crippen MR) is 91.8 cm³/mol. The van der Waals surface area contributed by atoms with E-state index < -0.39 is 0 Å². The number of benzene rings is 1. The molecule has 1 amide bonds. The lowest BCUT2D eigenvalue weighted by atomic mass is 10.1. The molecule has 24 heavy (non-hydrogen) atoms. The van der Waals surface area contributed by atoms with Gasteiger partial charge in [-0.1, -0.05) is 11.6 Å². The molecule has 0 spiro atoms. The number of hydrogen-bond donors (Lipinski definition) is 1. The van der Waals surface area contributed by atoms with E-state index in [4.69, 9.17) is 16.3 Å². The highest BCUT2D eigenvalue weighted by molar-refractivity contribution is 6.31. The van der Waals surface area contributed by atoms with Gasteiger partial charge < -0.3 is 14.6 Å². The first-order valence-electron chi connectivity index (χ1n) is 7.62. The first kappa shape index (κ1) is 15.0. The van der Waals surface area contributed by atoms with Crippen LogP contribution in [-0.2, 0) is 0 Å². The molecule has 0 saturated carbocycles. The molecule has 7 heteroatoms. The fourth-order valence-corrected chi connectivity index (χ4v) is 3.06. The highest BCUT2D eigenvalue weighted by atomic mass is 35.5. The van der Waals surface area contributed by atoms with Crippen molar-refractivity contribution < 1.29 is 9.53 Å². The van der Waals surface area contributed by atoms with Gasteiger partial charge in [0.2, 0.25) is 0 Å². The molecule has 0 radical (unpaired) electrons. The van der Waals surface area contributed by atoms with Crippen molar-refractivity contribution in [3.63, 3.8) is 0 Å². The molecule has 0 bridgehead atoms. The maximum Gasteiger partial charge on any atom is 0.260 e. The minimum Gasteiger partial charge on any atom is -0.487 e. The normalized spacial score (nSPS) is 16.8. The number of pyridine rings is 1. The zero-order valence-electron chi connectivity index (χ0n) is 13.2. The van der Waals surface area contributed by atoms with Gasteiger partial charge in [-0.05, 0) is 38.1 Å². The number of imidazole rings is 1. The Bertz CT molecular complexity index is 953. The van der Waals surface area contributed by atoms with Crippen LogP contribution in [0.4, 0.5) is 5.69 Å². The van der Waals surface area contributed by atoms with Crippen molar-refractivity contribution in [1.82, 2.24) is 15.0 Å². The zero-order chi connectivity index (χ0) is 16.8. The Labute approximate surface area is 143 Å². The van der Waals surface area contributed by atoms with Gasteiger partial charge in [-0.3, -0.25) is 4.79 Å². The van der Waals surface area contributed by atoms with E-state index in [0.717, 1.165) is 11.3 Å². The average molecular weight is 343 g/mol. The molecule has 0 fully saturated rings. The summed E-state index contributed by atoms with van der Waals surface area (Å²) in [5.41, 5.74) is 2.51. The summed E-state index contributed by atoms with van der Waals surface area (Å²) in [7, 11) is 0. The van der Waals surface area contributed by atoms with Crippen LogP contribution in [0.3, 0.4) is 0 Å². The van der Waals surface area contributed by atoms with Crippen LogP contribution in [0.15, 0.2) is 30.5 Å². The van der Waals surface area contributed by atoms with Crippen LogP contribution >= 0.6 is 11.6 Å². The van der Waals surface area contributed by atoms with E-state index in [0.29, 0.717) is 34.2 Å². The van der Waals surface area contributed by atoms with E-state index in [1.165, 1.54) is 0 Å². The first-order chi connectivity index (χ1) is 11.5. The Balaban J connectivity index is 1.76. The van der Waals surface area contributed by atoms with Crippen molar-refractivity contribution in [3.8, 4) is 5.75 Å². The number of H-pyrrole nitrogens is 1. The number of fused-ring (bicyclic) bond motifs is 2. The summed E-state index contributed by atoms with van der Waals surface area (Å²) < 4.78 is 5.79. The van der Waals surface area contributed by atoms with Crippen molar-refractivity contribution in [1.29, 1.82) is 0 Å². The zero-order valence-corrected chi connectivity index (χ0v) is 14.0. The van der Waals surface area contributed by atoms with E-state index in [1.807, 2.05) is 13.8 Å². The predicted octanol–water partition coefficient (Wildman–Crippen LogP) is 3.35. The van der Waals surface area contributed by atoms with Crippen molar-refractivity contribution in [2.24, 2.45) is 0 Å². The molecule has 1 atom stereocenters. The maximum absolute atomic E-state index is 13.0. The van der Waals surface area contributed by atoms with Gasteiger partial charge in [-0.15, -0.1) is 0 Å². The van der Waals surface area contributed by atoms with Gasteiger partial charge in [-0.2, -0.15) is 0 Å². The van der Waals surface area contributed by atoms with Gasteiger partial charge in [0, 0.05) is 11.2 Å². The summed E-state index contributed by atoms with van der Waals surface area (Å²) in [5.74, 6) is 1.27. The lowest BCUT2D eigenvalue weighted by molar-refractivity contribution is 0.0961. The Morgan fingerprint density at radius 1 is 1.42 bits per heavy atom. The Kier molecular flexibility index (Phi) is 3.42. The summed E-state index contributed by atoms with van der Waals surface area (Å²) in [6, 6.07) is 7.05. The first-order valence-corrected chi connectivity index (χ1v) is 7.99. The molecule has 122 valence electrons. The molecule has 6 nitrogen and oxygen atoms in total. The lowest BCUT2D eigenvalue weighted by Gasteiger charge is -2.33. The van der Waals surface area contributed by atoms with Gasteiger partial charge in [0.25, 0.3) is 5.91 Å². The minimum atomic E-state index is -0.143. The molecule has 0 aliphatic carbocycles. The van der Waals surface area contributed by atoms with E-state index in [-0.39, 0.29) is 12.0 Å². The third-order valence-corrected chi connectivity index (χ3v) is 4.16. The summed E-state index contributed by atoms with van der Waals surface area (Å²) in [5, 5.41) is 0.558. The van der Waals surface area contributed by atoms with E-state index in [2.05, 4.69) is 15.0 Å². The summed E-state index contributed by atoms with van der Waals surface area (Å²) in [4.78, 5) is 26.3. The van der Waals surface area contributed by atoms with Gasteiger partial charge in [-0.25, -0.2) is 9.97 Å². The Morgan fingerprint density at radius 2 is 2.25 bits per heavy atom. The number of anilines is 1. The second kappa shape index (κ2) is 5.49. The molecule has 0 unspecified atom stereocenters. The van der Waals surface area contributed by atoms with Crippen LogP contribution < -0.4 is 9.64 Å². The number of carbonyl (C=O) groups is 1. The van der Waals surface area contributed by atoms with Crippen molar-refractivity contribution in [3.05, 3.63) is 46.9 Å². The molecule has 3 aromatic rings. The number of nitrogens with one attached hydrogen (secondary N) is 1. The second-order valence-corrected chi connectivity index (χ2v) is 6.31. The van der Waals surface area contributed by atoms with Gasteiger partial charge in [0.1, 0.15) is 17.7 Å². The Hall–Kier alpha value is -2.60. The number of hydrogen-bond acceptors (Lipinski definition) is 4. The van der Waals surface area contributed by atoms with Crippen molar-refractivity contribution in [2.45, 2.75) is 20.0 Å². The number of aryl methyl sites for hydroxylation is 1. The molecule has 0 saturated heterocycles. The molecule has 2 aromatic heterocycles. The lowest BCUT2D eigenvalue weighted by Crippen LogP contribution is -2.42. The fourth-order valence-electron chi connectivity index (χ4n) is 2.90. The number of ether oxygens (including phenoxy) is 1. The van der Waals surface area contributed by atoms with E-state index in [9.17, 15) is 4.79 Å². The highest BCUT2D eigenvalue weighted by Gasteiger charge is 2.29. The van der Waals surface area contributed by atoms with Crippen LogP contribution in [0.2, 0.25) is 5.02 Å². The molecule has 4 rings (SSSR count). The number of halogens is 1. The van der Waals surface area contributed by atoms with E-state index >= 15 is 0 Å². The number of amides is 1. The number of nitrogens with zero attached hydrogens (tertiary/aromatic N) is 3. The third kappa shape index (κ3) is 2.49. The number of rotatable bonds is 1. The molecule has 1 aromatic carbocycles. The topological polar surface area (TPSA) is 71.1 Å². The molecule has 1 N–H and O–H groups in total. The molecular formula is C17H15ClN4O2. The number of aromatic amines is 1. The summed E-state index contributed by atoms with van der Waals surface area (Å²) in [6.07, 6.45) is 1.45. The van der Waals surface area contributed by atoms with E-state index in [1.54, 1.807) is 35.4 Å². The molecule has 1 aliphatic heterocycles. The Morgan fingerprint density at radius 3 is 3.08 bits per heavy atom. The van der Waals surface area contributed by atoms with Crippen molar-refractivity contribution in [2.75, 3.05) is 11.4 Å². The number of aromatic nitrogens is 3. The molecule has 3 heterocycles. The monoisotopic (exact) mass is 342 g/mol. The maximum atomic E-state index is 13.0. The number of carbonyl (C=O) groups excluding carboxylic acids is 1. The minimum absolute atomic E-state index is 0.103. The van der Waals surface area contributed by atoms with Gasteiger partial charge in [0.15, 0.2) is 5.65 Å². The van der Waals surface area contributed by atoms with Crippen LogP contribution in [0.5, 0.6) is 5.75 Å². The van der Waals surface area contributed by atoms with Crippen molar-refractivity contribution >= 4 is 34.4 Å². The summed E-state index contributed by atoms with van der Waals surface area (Å²) >= 11 is 6.09. The average Bonchev–Trinajstić information content (AvgIpc) is 2.93. The molecule has 1 aliphatic rings. The quantitative estimate of drug-likeness (QED) is 0.736. The smallest absolute Gasteiger partial charge is 0.260 e. The van der Waals surface area contributed by atoms with Crippen LogP contribution in [0.1, 0.15) is 23.1 Å². The van der Waals surface area contributed by atoms with Crippen LogP contribution in [-0.4, -0.2) is 33.5 Å². The van der Waals surface area contributed by atoms with Gasteiger partial charge >= 0.3 is 0 Å². The van der Waals surface area contributed by atoms with Gasteiger partial charge in [0.05, 0.1) is 23.3 Å². The highest BCUT2D eigenvalue weighted by Crippen LogP contribution is 2.36. The third-order valence-electron chi connectivity index (χ3n) is 3.93. The molecular weight excluding hydrogens is 328 g/mol. The van der Waals surface area contributed by atoms with Crippen LogP contribution in [0, 0.1) is 6.92 Å². The standard InChI is InChI=1S/C17H15ClN4O2/c1-9-8-22(14-6-12(18)3-4-15(14)24-9)17(23)11-5-13-16(19-7-11)21-10(2)20-13/h3-7,9H,8H2,1-2H3,(H,19,20,21)/t9-/m1/s1. The summed E-state index contributed by atoms with van der Waals surface area (Å²) in [6.45, 7) is 4.23. The SMILES string of the molecule is Cc1nc2ncc(C(=O)N3C[C@@H](C)Oc4ccc(Cl)cc43)cc2[nH]1.